The number of benzene rings is 1. The Morgan fingerprint density at radius 2 is 1.91 bits per heavy atom. The lowest BCUT2D eigenvalue weighted by Crippen LogP contribution is -2.22. The molecule has 1 aliphatic rings. The van der Waals surface area contributed by atoms with E-state index in [9.17, 15) is 4.79 Å². The topological polar surface area (TPSA) is 55.3 Å². The number of carbonyl (C=O) groups excluding carboxylic acids is 1. The zero-order valence-electron chi connectivity index (χ0n) is 13.1. The first-order valence-electron chi connectivity index (χ1n) is 7.36. The van der Waals surface area contributed by atoms with Crippen LogP contribution in [0.4, 0.5) is 11.4 Å². The molecule has 114 valence electrons. The third-order valence-electron chi connectivity index (χ3n) is 4.16. The van der Waals surface area contributed by atoms with Crippen molar-refractivity contribution in [1.82, 2.24) is 9.97 Å². The highest BCUT2D eigenvalue weighted by Crippen LogP contribution is 2.43. The van der Waals surface area contributed by atoms with Crippen molar-refractivity contribution in [2.24, 2.45) is 0 Å². The smallest absolute Gasteiger partial charge is 0.265 e. The minimum absolute atomic E-state index is 0.0832. The molecule has 5 nitrogen and oxygen atoms in total. The van der Waals surface area contributed by atoms with E-state index in [1.165, 1.54) is 0 Å². The van der Waals surface area contributed by atoms with Crippen molar-refractivity contribution in [3.63, 3.8) is 0 Å². The standard InChI is InChI=1S/C18H15N3O2/c1-10-7-8-14(11(2)20-10)21-15-6-4-5-12-16(15)13(18(21)22)9-19-17(12)23-3/h4-9H,1-3H3. The molecule has 0 bridgehead atoms. The van der Waals surface area contributed by atoms with E-state index in [0.29, 0.717) is 11.4 Å². The van der Waals surface area contributed by atoms with Crippen molar-refractivity contribution in [1.29, 1.82) is 0 Å². The molecule has 1 aromatic carbocycles. The second-order valence-corrected chi connectivity index (χ2v) is 5.58. The van der Waals surface area contributed by atoms with Crippen molar-refractivity contribution < 1.29 is 9.53 Å². The molecule has 0 N–H and O–H groups in total. The molecule has 0 radical (unpaired) electrons. The van der Waals surface area contributed by atoms with Gasteiger partial charge in [-0.3, -0.25) is 14.7 Å². The van der Waals surface area contributed by atoms with Crippen molar-refractivity contribution in [2.75, 3.05) is 12.0 Å². The van der Waals surface area contributed by atoms with Gasteiger partial charge in [0, 0.05) is 22.7 Å². The summed E-state index contributed by atoms with van der Waals surface area (Å²) in [6, 6.07) is 9.62. The molecule has 0 spiro atoms. The fourth-order valence-corrected chi connectivity index (χ4v) is 3.15. The Balaban J connectivity index is 2.01. The van der Waals surface area contributed by atoms with E-state index >= 15 is 0 Å². The molecule has 5 heteroatoms. The molecular weight excluding hydrogens is 290 g/mol. The van der Waals surface area contributed by atoms with Gasteiger partial charge in [-0.15, -0.1) is 0 Å². The maximum atomic E-state index is 12.9. The molecule has 0 saturated carbocycles. The summed E-state index contributed by atoms with van der Waals surface area (Å²) in [5, 5.41) is 1.72. The lowest BCUT2D eigenvalue weighted by molar-refractivity contribution is 0.100. The average Bonchev–Trinajstić information content (AvgIpc) is 2.83. The second-order valence-electron chi connectivity index (χ2n) is 5.58. The number of amides is 1. The highest BCUT2D eigenvalue weighted by molar-refractivity contribution is 6.28. The molecule has 3 heterocycles. The first-order valence-corrected chi connectivity index (χ1v) is 7.36. The number of methoxy groups -OCH3 is 1. The van der Waals surface area contributed by atoms with Crippen LogP contribution < -0.4 is 9.64 Å². The zero-order chi connectivity index (χ0) is 16.1. The zero-order valence-corrected chi connectivity index (χ0v) is 13.1. The van der Waals surface area contributed by atoms with Gasteiger partial charge in [-0.05, 0) is 38.1 Å². The third-order valence-corrected chi connectivity index (χ3v) is 4.16. The number of nitrogens with zero attached hydrogens (tertiary/aromatic N) is 3. The van der Waals surface area contributed by atoms with Gasteiger partial charge in [0.05, 0.1) is 29.7 Å². The Morgan fingerprint density at radius 1 is 1.09 bits per heavy atom. The molecule has 0 aliphatic carbocycles. The van der Waals surface area contributed by atoms with E-state index in [1.54, 1.807) is 18.2 Å². The van der Waals surface area contributed by atoms with Crippen LogP contribution in [0.25, 0.3) is 10.8 Å². The highest BCUT2D eigenvalue weighted by atomic mass is 16.5. The second kappa shape index (κ2) is 4.78. The number of aromatic nitrogens is 2. The summed E-state index contributed by atoms with van der Waals surface area (Å²) in [6.07, 6.45) is 1.59. The summed E-state index contributed by atoms with van der Waals surface area (Å²) in [7, 11) is 1.58. The van der Waals surface area contributed by atoms with Crippen LogP contribution in [0, 0.1) is 13.8 Å². The fourth-order valence-electron chi connectivity index (χ4n) is 3.15. The molecule has 0 atom stereocenters. The molecular formula is C18H15N3O2. The highest BCUT2D eigenvalue weighted by Gasteiger charge is 2.33. The van der Waals surface area contributed by atoms with Gasteiger partial charge in [-0.25, -0.2) is 4.98 Å². The minimum Gasteiger partial charge on any atom is -0.481 e. The number of anilines is 2. The van der Waals surface area contributed by atoms with Crippen LogP contribution in [0.3, 0.4) is 0 Å². The molecule has 1 aliphatic heterocycles. The largest absolute Gasteiger partial charge is 0.481 e. The van der Waals surface area contributed by atoms with E-state index < -0.39 is 0 Å². The van der Waals surface area contributed by atoms with E-state index in [0.717, 1.165) is 33.5 Å². The van der Waals surface area contributed by atoms with Crippen LogP contribution >= 0.6 is 0 Å². The van der Waals surface area contributed by atoms with E-state index in [1.807, 2.05) is 44.2 Å². The Bertz CT molecular complexity index is 966. The van der Waals surface area contributed by atoms with Gasteiger partial charge in [0.1, 0.15) is 0 Å². The first-order chi connectivity index (χ1) is 11.1. The maximum absolute atomic E-state index is 12.9. The summed E-state index contributed by atoms with van der Waals surface area (Å²) in [4.78, 5) is 23.4. The molecule has 0 unspecified atom stereocenters. The van der Waals surface area contributed by atoms with Crippen molar-refractivity contribution >= 4 is 28.1 Å². The minimum atomic E-state index is -0.0832. The van der Waals surface area contributed by atoms with Crippen molar-refractivity contribution in [3.8, 4) is 5.88 Å². The third kappa shape index (κ3) is 1.83. The van der Waals surface area contributed by atoms with Crippen LogP contribution in [0.15, 0.2) is 36.5 Å². The monoisotopic (exact) mass is 305 g/mol. The summed E-state index contributed by atoms with van der Waals surface area (Å²) < 4.78 is 5.33. The molecule has 23 heavy (non-hydrogen) atoms. The van der Waals surface area contributed by atoms with Gasteiger partial charge in [0.2, 0.25) is 5.88 Å². The van der Waals surface area contributed by atoms with Gasteiger partial charge in [-0.1, -0.05) is 6.07 Å². The average molecular weight is 305 g/mol. The number of hydrogen-bond donors (Lipinski definition) is 0. The molecule has 1 amide bonds. The number of rotatable bonds is 2. The Hall–Kier alpha value is -2.95. The van der Waals surface area contributed by atoms with Gasteiger partial charge in [0.15, 0.2) is 0 Å². The number of pyridine rings is 2. The SMILES string of the molecule is COc1ncc2c3c(cccc13)N(c1ccc(C)nc1C)C2=O. The lowest BCUT2D eigenvalue weighted by atomic mass is 10.1. The van der Waals surface area contributed by atoms with E-state index in [4.69, 9.17) is 4.74 Å². The summed E-state index contributed by atoms with van der Waals surface area (Å²) in [5.41, 5.74) is 3.98. The molecule has 0 saturated heterocycles. The van der Waals surface area contributed by atoms with Crippen LogP contribution in [0.2, 0.25) is 0 Å². The van der Waals surface area contributed by atoms with E-state index in [2.05, 4.69) is 9.97 Å². The van der Waals surface area contributed by atoms with Gasteiger partial charge in [-0.2, -0.15) is 0 Å². The van der Waals surface area contributed by atoms with Crippen LogP contribution in [0.1, 0.15) is 21.7 Å². The molecule has 3 aromatic rings. The predicted molar refractivity (Wildman–Crippen MR) is 88.5 cm³/mol. The van der Waals surface area contributed by atoms with Crippen molar-refractivity contribution in [2.45, 2.75) is 13.8 Å². The number of ether oxygens (including phenoxy) is 1. The quantitative estimate of drug-likeness (QED) is 0.726. The summed E-state index contributed by atoms with van der Waals surface area (Å²) >= 11 is 0. The van der Waals surface area contributed by atoms with E-state index in [-0.39, 0.29) is 5.91 Å². The van der Waals surface area contributed by atoms with Gasteiger partial charge < -0.3 is 4.74 Å². The first kappa shape index (κ1) is 13.7. The van der Waals surface area contributed by atoms with Crippen LogP contribution in [0.5, 0.6) is 5.88 Å². The predicted octanol–water partition coefficient (Wildman–Crippen LogP) is 3.55. The normalized spacial score (nSPS) is 13.0. The number of aryl methyl sites for hydroxylation is 2. The molecule has 0 fully saturated rings. The van der Waals surface area contributed by atoms with Crippen LogP contribution in [-0.4, -0.2) is 23.0 Å². The number of carbonyl (C=O) groups is 1. The summed E-state index contributed by atoms with van der Waals surface area (Å²) in [6.45, 7) is 3.85. The Morgan fingerprint density at radius 3 is 2.65 bits per heavy atom. The fraction of sp³-hybridized carbons (Fsp3) is 0.167. The number of hydrogen-bond acceptors (Lipinski definition) is 4. The lowest BCUT2D eigenvalue weighted by Gasteiger charge is -2.19. The maximum Gasteiger partial charge on any atom is 0.265 e. The van der Waals surface area contributed by atoms with Gasteiger partial charge >= 0.3 is 0 Å². The van der Waals surface area contributed by atoms with Gasteiger partial charge in [0.25, 0.3) is 5.91 Å². The Labute approximate surface area is 133 Å². The molecule has 4 rings (SSSR count). The van der Waals surface area contributed by atoms with Crippen molar-refractivity contribution in [3.05, 3.63) is 53.5 Å². The Kier molecular flexibility index (Phi) is 2.84. The van der Waals surface area contributed by atoms with Crippen LogP contribution in [-0.2, 0) is 0 Å². The molecule has 2 aromatic heterocycles. The summed E-state index contributed by atoms with van der Waals surface area (Å²) in [5.74, 6) is 0.444.